The molecule has 0 amide bonds. The van der Waals surface area contributed by atoms with Crippen LogP contribution in [0.1, 0.15) is 6.92 Å². The number of carboxylic acid groups (broad SMARTS) is 2. The van der Waals surface area contributed by atoms with Crippen LogP contribution in [-0.2, 0) is 16.6 Å². The van der Waals surface area contributed by atoms with E-state index in [2.05, 4.69) is 0 Å². The number of carboxylic acids is 2. The summed E-state index contributed by atoms with van der Waals surface area (Å²) in [5, 5.41) is 22.2. The summed E-state index contributed by atoms with van der Waals surface area (Å²) >= 11 is 0. The highest BCUT2D eigenvalue weighted by Crippen LogP contribution is 2.03. The average Bonchev–Trinajstić information content (AvgIpc) is 2.26. The van der Waals surface area contributed by atoms with Gasteiger partial charge in [-0.2, -0.15) is 0 Å². The van der Waals surface area contributed by atoms with Crippen molar-refractivity contribution in [3.8, 4) is 5.88 Å². The SMILES string of the molecule is CCOc1cccc(=N)n1C.O=C(O)C(=O)O. The molecule has 0 spiro atoms. The van der Waals surface area contributed by atoms with Crippen molar-refractivity contribution >= 4 is 11.9 Å². The molecule has 0 saturated carbocycles. The van der Waals surface area contributed by atoms with Crippen molar-refractivity contribution in [2.24, 2.45) is 7.05 Å². The van der Waals surface area contributed by atoms with Crippen LogP contribution in [0.4, 0.5) is 0 Å². The summed E-state index contributed by atoms with van der Waals surface area (Å²) < 4.78 is 6.96. The first kappa shape index (κ1) is 14.7. The highest BCUT2D eigenvalue weighted by atomic mass is 16.5. The fraction of sp³-hybridized carbons (Fsp3) is 0.300. The van der Waals surface area contributed by atoms with Crippen LogP contribution in [0.15, 0.2) is 18.2 Å². The van der Waals surface area contributed by atoms with Gasteiger partial charge in [-0.3, -0.25) is 5.41 Å². The Balaban J connectivity index is 0.000000366. The lowest BCUT2D eigenvalue weighted by Gasteiger charge is -2.07. The van der Waals surface area contributed by atoms with Crippen LogP contribution in [0.3, 0.4) is 0 Å². The van der Waals surface area contributed by atoms with E-state index < -0.39 is 11.9 Å². The molecule has 7 nitrogen and oxygen atoms in total. The van der Waals surface area contributed by atoms with Gasteiger partial charge in [0.2, 0.25) is 0 Å². The van der Waals surface area contributed by atoms with Crippen LogP contribution in [0.25, 0.3) is 0 Å². The first-order chi connectivity index (χ1) is 7.90. The zero-order chi connectivity index (χ0) is 13.4. The van der Waals surface area contributed by atoms with E-state index in [0.29, 0.717) is 12.1 Å². The quantitative estimate of drug-likeness (QED) is 0.635. The maximum absolute atomic E-state index is 9.10. The zero-order valence-corrected chi connectivity index (χ0v) is 9.51. The van der Waals surface area contributed by atoms with Gasteiger partial charge in [0, 0.05) is 7.05 Å². The largest absolute Gasteiger partial charge is 0.479 e. The Kier molecular flexibility index (Phi) is 6.09. The fourth-order valence-electron chi connectivity index (χ4n) is 0.857. The predicted octanol–water partition coefficient (Wildman–Crippen LogP) is 0.0589. The molecule has 3 N–H and O–H groups in total. The zero-order valence-electron chi connectivity index (χ0n) is 9.51. The van der Waals surface area contributed by atoms with Crippen LogP contribution >= 0.6 is 0 Å². The molecule has 17 heavy (non-hydrogen) atoms. The predicted molar refractivity (Wildman–Crippen MR) is 57.7 cm³/mol. The van der Waals surface area contributed by atoms with Gasteiger partial charge in [-0.05, 0) is 19.1 Å². The number of rotatable bonds is 2. The van der Waals surface area contributed by atoms with Crippen molar-refractivity contribution < 1.29 is 24.5 Å². The molecular weight excluding hydrogens is 228 g/mol. The highest BCUT2D eigenvalue weighted by molar-refractivity contribution is 6.27. The summed E-state index contributed by atoms with van der Waals surface area (Å²) in [4.78, 5) is 18.2. The first-order valence-electron chi connectivity index (χ1n) is 4.69. The monoisotopic (exact) mass is 242 g/mol. The molecule has 0 bridgehead atoms. The van der Waals surface area contributed by atoms with Gasteiger partial charge in [0.25, 0.3) is 0 Å². The number of aromatic nitrogens is 1. The number of nitrogens with one attached hydrogen (secondary N) is 1. The van der Waals surface area contributed by atoms with Gasteiger partial charge in [-0.15, -0.1) is 0 Å². The van der Waals surface area contributed by atoms with Crippen molar-refractivity contribution in [1.29, 1.82) is 5.41 Å². The number of pyridine rings is 1. The van der Waals surface area contributed by atoms with Crippen molar-refractivity contribution in [3.63, 3.8) is 0 Å². The molecule has 0 atom stereocenters. The summed E-state index contributed by atoms with van der Waals surface area (Å²) in [5.41, 5.74) is 0.455. The maximum Gasteiger partial charge on any atom is 0.414 e. The molecule has 0 fully saturated rings. The number of aliphatic carboxylic acids is 2. The van der Waals surface area contributed by atoms with E-state index in [1.165, 1.54) is 0 Å². The summed E-state index contributed by atoms with van der Waals surface area (Å²) in [6.45, 7) is 2.56. The van der Waals surface area contributed by atoms with Gasteiger partial charge in [0.15, 0.2) is 5.88 Å². The van der Waals surface area contributed by atoms with E-state index in [0.717, 1.165) is 5.88 Å². The fourth-order valence-corrected chi connectivity index (χ4v) is 0.857. The molecule has 0 aliphatic rings. The Bertz CT molecular complexity index is 440. The molecule has 0 aliphatic carbocycles. The van der Waals surface area contributed by atoms with Crippen molar-refractivity contribution in [2.75, 3.05) is 6.61 Å². The Morgan fingerprint density at radius 1 is 1.35 bits per heavy atom. The standard InChI is InChI=1S/C8H12N2O.C2H2O4/c1-3-11-8-6-4-5-7(9)10(8)2;3-1(4)2(5)6/h4-6,9H,3H2,1-2H3;(H,3,4)(H,5,6). The normalized spacial score (nSPS) is 8.82. The van der Waals surface area contributed by atoms with E-state index in [1.807, 2.05) is 26.1 Å². The summed E-state index contributed by atoms with van der Waals surface area (Å²) in [7, 11) is 1.81. The van der Waals surface area contributed by atoms with E-state index in [9.17, 15) is 0 Å². The highest BCUT2D eigenvalue weighted by Gasteiger charge is 2.04. The third kappa shape index (κ3) is 5.36. The molecule has 0 saturated heterocycles. The lowest BCUT2D eigenvalue weighted by Crippen LogP contribution is -2.17. The van der Waals surface area contributed by atoms with E-state index >= 15 is 0 Å². The lowest BCUT2D eigenvalue weighted by atomic mass is 10.4. The van der Waals surface area contributed by atoms with E-state index in [-0.39, 0.29) is 0 Å². The van der Waals surface area contributed by atoms with Crippen LogP contribution in [0.2, 0.25) is 0 Å². The minimum absolute atomic E-state index is 0.455. The Hall–Kier alpha value is -2.31. The molecule has 1 aromatic heterocycles. The lowest BCUT2D eigenvalue weighted by molar-refractivity contribution is -0.159. The average molecular weight is 242 g/mol. The van der Waals surface area contributed by atoms with Crippen molar-refractivity contribution in [3.05, 3.63) is 23.7 Å². The second kappa shape index (κ2) is 7.04. The van der Waals surface area contributed by atoms with Crippen molar-refractivity contribution in [2.45, 2.75) is 6.92 Å². The number of hydrogen-bond acceptors (Lipinski definition) is 4. The first-order valence-corrected chi connectivity index (χ1v) is 4.69. The number of hydrogen-bond donors (Lipinski definition) is 3. The van der Waals surface area contributed by atoms with Crippen molar-refractivity contribution in [1.82, 2.24) is 4.57 Å². The molecule has 0 aromatic carbocycles. The number of ether oxygens (including phenoxy) is 1. The molecule has 1 heterocycles. The van der Waals surface area contributed by atoms with E-state index in [1.54, 1.807) is 10.6 Å². The molecular formula is C10H14N2O5. The van der Waals surface area contributed by atoms with Gasteiger partial charge < -0.3 is 19.5 Å². The van der Waals surface area contributed by atoms with Crippen LogP contribution < -0.4 is 10.2 Å². The minimum atomic E-state index is -1.82. The molecule has 94 valence electrons. The molecule has 0 unspecified atom stereocenters. The van der Waals surface area contributed by atoms with Gasteiger partial charge in [-0.1, -0.05) is 6.07 Å². The molecule has 1 rings (SSSR count). The van der Waals surface area contributed by atoms with Gasteiger partial charge in [0.1, 0.15) is 5.49 Å². The van der Waals surface area contributed by atoms with Crippen LogP contribution in [0.5, 0.6) is 5.88 Å². The van der Waals surface area contributed by atoms with Gasteiger partial charge in [-0.25, -0.2) is 9.59 Å². The Morgan fingerprint density at radius 2 is 1.88 bits per heavy atom. The molecule has 7 heteroatoms. The second-order valence-corrected chi connectivity index (χ2v) is 2.85. The summed E-state index contributed by atoms with van der Waals surface area (Å²) in [6, 6.07) is 5.39. The second-order valence-electron chi connectivity index (χ2n) is 2.85. The number of carbonyl (C=O) groups is 2. The summed E-state index contributed by atoms with van der Waals surface area (Å²) in [6.07, 6.45) is 0. The van der Waals surface area contributed by atoms with Crippen LogP contribution in [-0.4, -0.2) is 33.3 Å². The third-order valence-electron chi connectivity index (χ3n) is 1.66. The minimum Gasteiger partial charge on any atom is -0.479 e. The smallest absolute Gasteiger partial charge is 0.414 e. The topological polar surface area (TPSA) is 113 Å². The van der Waals surface area contributed by atoms with Gasteiger partial charge >= 0.3 is 11.9 Å². The Morgan fingerprint density at radius 3 is 2.29 bits per heavy atom. The van der Waals surface area contributed by atoms with E-state index in [4.69, 9.17) is 29.9 Å². The molecule has 0 aliphatic heterocycles. The summed E-state index contributed by atoms with van der Waals surface area (Å²) in [5.74, 6) is -2.91. The van der Waals surface area contributed by atoms with Crippen LogP contribution in [0, 0.1) is 5.41 Å². The third-order valence-corrected chi connectivity index (χ3v) is 1.66. The van der Waals surface area contributed by atoms with Gasteiger partial charge in [0.05, 0.1) is 6.61 Å². The Labute approximate surface area is 97.4 Å². The number of nitrogens with zero attached hydrogens (tertiary/aromatic N) is 1. The molecule has 1 aromatic rings. The maximum atomic E-state index is 9.10. The molecule has 0 radical (unpaired) electrons.